The first-order valence-corrected chi connectivity index (χ1v) is 18.9. The summed E-state index contributed by atoms with van der Waals surface area (Å²) in [5, 5.41) is 3.84. The van der Waals surface area contributed by atoms with Gasteiger partial charge in [-0.25, -0.2) is 4.90 Å². The number of nitrogens with one attached hydrogen (secondary N) is 2. The minimum absolute atomic E-state index is 0.180. The van der Waals surface area contributed by atoms with E-state index in [-0.39, 0.29) is 52.0 Å². The van der Waals surface area contributed by atoms with Crippen LogP contribution in [0.3, 0.4) is 0 Å². The van der Waals surface area contributed by atoms with Crippen LogP contribution in [0, 0.1) is 29.6 Å². The van der Waals surface area contributed by atoms with E-state index in [2.05, 4.69) is 10.3 Å². The monoisotopic (exact) mass is 789 g/mol. The normalized spacial score (nSPS) is 25.9. The molecule has 8 rings (SSSR count). The van der Waals surface area contributed by atoms with Gasteiger partial charge in [-0.05, 0) is 79.1 Å². The Kier molecular flexibility index (Phi) is 8.87. The van der Waals surface area contributed by atoms with Crippen molar-refractivity contribution in [2.45, 2.75) is 35.7 Å². The third-order valence-corrected chi connectivity index (χ3v) is 13.7. The molecule has 2 N–H and O–H groups in total. The van der Waals surface area contributed by atoms with Crippen LogP contribution < -0.4 is 24.6 Å². The molecule has 2 saturated carbocycles. The zero-order chi connectivity index (χ0) is 36.6. The van der Waals surface area contributed by atoms with Crippen molar-refractivity contribution in [2.24, 2.45) is 29.6 Å². The summed E-state index contributed by atoms with van der Waals surface area (Å²) < 4.78 is 53.9. The maximum Gasteiger partial charge on any atom is 0.418 e. The van der Waals surface area contributed by atoms with E-state index < -0.39 is 47.0 Å². The fourth-order valence-electron chi connectivity index (χ4n) is 8.56. The van der Waals surface area contributed by atoms with Crippen LogP contribution in [-0.2, 0) is 20.6 Å². The second-order valence-electron chi connectivity index (χ2n) is 13.1. The van der Waals surface area contributed by atoms with Gasteiger partial charge in [-0.1, -0.05) is 52.7 Å². The molecule has 9 nitrogen and oxygen atoms in total. The van der Waals surface area contributed by atoms with E-state index in [0.717, 1.165) is 32.7 Å². The first-order valence-electron chi connectivity index (χ1n) is 16.4. The number of thiazole rings is 1. The molecule has 3 fully saturated rings. The molecule has 0 spiro atoms. The molecule has 3 amide bonds. The van der Waals surface area contributed by atoms with Crippen LogP contribution in [0.1, 0.15) is 35.3 Å². The number of hydrogen-bond donors (Lipinski definition) is 2. The van der Waals surface area contributed by atoms with Gasteiger partial charge in [-0.3, -0.25) is 19.2 Å². The highest BCUT2D eigenvalue weighted by Gasteiger charge is 2.70. The van der Waals surface area contributed by atoms with E-state index in [4.69, 9.17) is 32.7 Å². The maximum atomic E-state index is 14.1. The molecule has 2 aliphatic carbocycles. The molecule has 1 aromatic heterocycles. The van der Waals surface area contributed by atoms with Gasteiger partial charge in [0.05, 0.1) is 44.8 Å². The van der Waals surface area contributed by atoms with E-state index in [9.17, 15) is 32.3 Å². The molecule has 0 radical (unpaired) electrons. The molecule has 52 heavy (non-hydrogen) atoms. The number of halogens is 5. The van der Waals surface area contributed by atoms with Gasteiger partial charge in [-0.15, -0.1) is 11.8 Å². The Morgan fingerprint density at radius 2 is 1.71 bits per heavy atom. The molecule has 3 aromatic carbocycles. The van der Waals surface area contributed by atoms with Crippen molar-refractivity contribution in [2.75, 3.05) is 23.4 Å². The highest BCUT2D eigenvalue weighted by molar-refractivity contribution is 8.00. The number of H-pyrrole nitrogens is 1. The highest BCUT2D eigenvalue weighted by atomic mass is 35.5. The number of amides is 3. The molecular weight excluding hydrogens is 762 g/mol. The quantitative estimate of drug-likeness (QED) is 0.175. The number of para-hydroxylation sites is 1. The van der Waals surface area contributed by atoms with Crippen LogP contribution >= 0.6 is 46.3 Å². The minimum atomic E-state index is -4.76. The fourth-order valence-corrected chi connectivity index (χ4v) is 11.7. The van der Waals surface area contributed by atoms with E-state index in [1.807, 2.05) is 6.07 Å². The van der Waals surface area contributed by atoms with E-state index >= 15 is 0 Å². The van der Waals surface area contributed by atoms with Crippen molar-refractivity contribution in [3.63, 3.8) is 0 Å². The zero-order valence-electron chi connectivity index (χ0n) is 27.0. The number of ether oxygens (including phenoxy) is 2. The number of hydrogen-bond acceptors (Lipinski definition) is 8. The van der Waals surface area contributed by atoms with Gasteiger partial charge < -0.3 is 19.8 Å². The maximum absolute atomic E-state index is 14.1. The summed E-state index contributed by atoms with van der Waals surface area (Å²) in [5.74, 6) is -3.74. The second-order valence-corrected chi connectivity index (χ2v) is 16.1. The average Bonchev–Trinajstić information content (AvgIpc) is 3.84. The Labute approximate surface area is 312 Å². The Morgan fingerprint density at radius 1 is 0.962 bits per heavy atom. The summed E-state index contributed by atoms with van der Waals surface area (Å²) in [7, 11) is 0. The standard InChI is InChI=1S/C36H28Cl2F3N3O6S2/c1-2-49-24-11-15(7-10-23(24)50-14-25(45)42-16-8-9-20(37)21(38)12-16)26-27-17-13-18(30(27)51-32-31(26)52-35(48)43-32)29-28(17)33(46)44(34(29)47)22-6-4-3-5-19(22)36(39,40)41/h3-12,17-18,26-30H,2,13-14H2,1H3,(H,42,45)(H,43,48)/t17?,18?,26-,27?,28?,29?,30?/m1/s1. The predicted molar refractivity (Wildman–Crippen MR) is 191 cm³/mol. The van der Waals surface area contributed by atoms with E-state index in [1.54, 1.807) is 31.2 Å². The Morgan fingerprint density at radius 3 is 2.44 bits per heavy atom. The second kappa shape index (κ2) is 13.2. The fraction of sp³-hybridized carbons (Fsp3) is 0.333. The molecule has 4 aliphatic rings. The number of anilines is 2. The van der Waals surface area contributed by atoms with Crippen molar-refractivity contribution in [1.29, 1.82) is 0 Å². The van der Waals surface area contributed by atoms with Gasteiger partial charge in [0.15, 0.2) is 18.1 Å². The van der Waals surface area contributed by atoms with Crippen LogP contribution in [-0.4, -0.2) is 41.2 Å². The number of aromatic amines is 1. The number of fused-ring (bicyclic) bond motifs is 9. The lowest BCUT2D eigenvalue weighted by Crippen LogP contribution is -2.42. The topological polar surface area (TPSA) is 118 Å². The number of imide groups is 1. The van der Waals surface area contributed by atoms with Crippen LogP contribution in [0.4, 0.5) is 24.5 Å². The van der Waals surface area contributed by atoms with Gasteiger partial charge in [0.2, 0.25) is 11.8 Å². The van der Waals surface area contributed by atoms with Crippen LogP contribution in [0.2, 0.25) is 10.0 Å². The van der Waals surface area contributed by atoms with Crippen LogP contribution in [0.25, 0.3) is 0 Å². The van der Waals surface area contributed by atoms with E-state index in [0.29, 0.717) is 33.7 Å². The Bertz CT molecular complexity index is 2190. The molecule has 2 bridgehead atoms. The number of thioether (sulfide) groups is 1. The Hall–Kier alpha value is -3.98. The van der Waals surface area contributed by atoms with Crippen molar-refractivity contribution < 1.29 is 37.0 Å². The smallest absolute Gasteiger partial charge is 0.418 e. The third-order valence-electron chi connectivity index (χ3n) is 10.4. The SMILES string of the molecule is CCOc1cc([C@H]2c3sc(=O)[nH]c3SC3C4CC(C5C(=O)N(c6ccccc6C(F)(F)F)C(=O)C45)C32)ccc1OCC(=O)Nc1ccc(Cl)c(Cl)c1. The molecule has 1 saturated heterocycles. The van der Waals surface area contributed by atoms with Crippen LogP contribution in [0.5, 0.6) is 11.5 Å². The van der Waals surface area contributed by atoms with Gasteiger partial charge in [0.25, 0.3) is 5.91 Å². The van der Waals surface area contributed by atoms with Gasteiger partial charge in [0.1, 0.15) is 0 Å². The molecule has 4 aromatic rings. The summed E-state index contributed by atoms with van der Waals surface area (Å²) in [4.78, 5) is 57.7. The molecule has 270 valence electrons. The molecular formula is C36H28Cl2F3N3O6S2. The summed E-state index contributed by atoms with van der Waals surface area (Å²) >= 11 is 14.6. The lowest BCUT2D eigenvalue weighted by molar-refractivity contribution is -0.137. The predicted octanol–water partition coefficient (Wildman–Crippen LogP) is 7.86. The average molecular weight is 791 g/mol. The highest BCUT2D eigenvalue weighted by Crippen LogP contribution is 2.69. The summed E-state index contributed by atoms with van der Waals surface area (Å²) in [6, 6.07) is 14.7. The number of nitrogens with zero attached hydrogens (tertiary/aromatic N) is 1. The lowest BCUT2D eigenvalue weighted by atomic mass is 9.68. The summed E-state index contributed by atoms with van der Waals surface area (Å²) in [5.41, 5.74) is -0.260. The number of carbonyl (C=O) groups is 3. The largest absolute Gasteiger partial charge is 0.490 e. The van der Waals surface area contributed by atoms with Crippen molar-refractivity contribution >= 4 is 75.4 Å². The number of aromatic nitrogens is 1. The molecule has 2 aliphatic heterocycles. The number of rotatable bonds is 8. The number of benzene rings is 3. The van der Waals surface area contributed by atoms with Crippen LogP contribution in [0.15, 0.2) is 70.5 Å². The van der Waals surface area contributed by atoms with Crippen molar-refractivity contribution in [1.82, 2.24) is 4.98 Å². The van der Waals surface area contributed by atoms with Gasteiger partial charge >= 0.3 is 11.0 Å². The molecule has 3 heterocycles. The summed E-state index contributed by atoms with van der Waals surface area (Å²) in [6.07, 6.45) is -4.20. The van der Waals surface area contributed by atoms with Crippen molar-refractivity contribution in [3.8, 4) is 11.5 Å². The van der Waals surface area contributed by atoms with Gasteiger partial charge in [0, 0.05) is 21.7 Å². The summed E-state index contributed by atoms with van der Waals surface area (Å²) in [6.45, 7) is 1.74. The third kappa shape index (κ3) is 5.78. The molecule has 6 unspecified atom stereocenters. The lowest BCUT2D eigenvalue weighted by Gasteiger charge is -2.43. The minimum Gasteiger partial charge on any atom is -0.490 e. The molecule has 7 atom stereocenters. The number of alkyl halides is 3. The zero-order valence-corrected chi connectivity index (χ0v) is 30.2. The Balaban J connectivity index is 1.10. The van der Waals surface area contributed by atoms with Gasteiger partial charge in [-0.2, -0.15) is 13.2 Å². The number of carbonyl (C=O) groups excluding carboxylic acids is 3. The first-order chi connectivity index (χ1) is 24.8. The van der Waals surface area contributed by atoms with E-state index in [1.165, 1.54) is 36.0 Å². The first kappa shape index (κ1) is 35.1. The van der Waals surface area contributed by atoms with Crippen molar-refractivity contribution in [3.05, 3.63) is 96.4 Å². The molecule has 16 heteroatoms.